The Kier molecular flexibility index (Phi) is 4.57. The van der Waals surface area contributed by atoms with Crippen LogP contribution in [-0.4, -0.2) is 57.6 Å². The van der Waals surface area contributed by atoms with Gasteiger partial charge in [-0.1, -0.05) is 0 Å². The number of ketones is 1. The van der Waals surface area contributed by atoms with E-state index in [4.69, 9.17) is 18.9 Å². The third-order valence-corrected chi connectivity index (χ3v) is 6.90. The molecule has 2 heterocycles. The van der Waals surface area contributed by atoms with E-state index in [9.17, 15) is 9.59 Å². The zero-order valence-electron chi connectivity index (χ0n) is 18.1. The topological polar surface area (TPSA) is 74.3 Å². The first-order valence-corrected chi connectivity index (χ1v) is 10.4. The van der Waals surface area contributed by atoms with E-state index in [-0.39, 0.29) is 29.6 Å². The number of methoxy groups -OCH3 is 4. The molecule has 31 heavy (non-hydrogen) atoms. The number of nitrogens with zero attached hydrogens (tertiary/aromatic N) is 1. The van der Waals surface area contributed by atoms with Gasteiger partial charge in [0.05, 0.1) is 40.4 Å². The highest BCUT2D eigenvalue weighted by Crippen LogP contribution is 2.55. The number of piperidine rings is 1. The van der Waals surface area contributed by atoms with Crippen LogP contribution in [0.15, 0.2) is 24.3 Å². The summed E-state index contributed by atoms with van der Waals surface area (Å²) in [5.74, 6) is 2.03. The summed E-state index contributed by atoms with van der Waals surface area (Å²) in [4.78, 5) is 27.9. The fourth-order valence-corrected chi connectivity index (χ4v) is 5.45. The molecule has 0 spiro atoms. The molecule has 2 aromatic carbocycles. The molecule has 3 unspecified atom stereocenters. The Morgan fingerprint density at radius 1 is 0.774 bits per heavy atom. The highest BCUT2D eigenvalue weighted by atomic mass is 16.5. The lowest BCUT2D eigenvalue weighted by Crippen LogP contribution is -2.51. The smallest absolute Gasteiger partial charge is 0.223 e. The minimum Gasteiger partial charge on any atom is -0.493 e. The summed E-state index contributed by atoms with van der Waals surface area (Å²) in [7, 11) is 6.38. The summed E-state index contributed by atoms with van der Waals surface area (Å²) in [5, 5.41) is 0. The van der Waals surface area contributed by atoms with Gasteiger partial charge in [-0.3, -0.25) is 9.59 Å². The van der Waals surface area contributed by atoms with Crippen LogP contribution in [0.5, 0.6) is 23.0 Å². The van der Waals surface area contributed by atoms with Crippen molar-refractivity contribution in [1.29, 1.82) is 0 Å². The van der Waals surface area contributed by atoms with Crippen molar-refractivity contribution in [3.05, 3.63) is 35.4 Å². The van der Waals surface area contributed by atoms with Gasteiger partial charge in [-0.25, -0.2) is 0 Å². The normalized spacial score (nSPS) is 23.5. The molecule has 162 valence electrons. The summed E-state index contributed by atoms with van der Waals surface area (Å²) in [6.07, 6.45) is 1.01. The number of Topliss-reactive ketones (excluding diaryl/α,β-unsaturated/α-hetero) is 1. The summed E-state index contributed by atoms with van der Waals surface area (Å²) in [6.45, 7) is 0.510. The molecule has 5 rings (SSSR count). The van der Waals surface area contributed by atoms with E-state index in [0.29, 0.717) is 42.4 Å². The number of amides is 1. The second-order valence-corrected chi connectivity index (χ2v) is 8.18. The number of carbonyl (C=O) groups is 2. The Labute approximate surface area is 180 Å². The van der Waals surface area contributed by atoms with Crippen molar-refractivity contribution in [2.24, 2.45) is 0 Å². The molecule has 2 aromatic rings. The Hall–Kier alpha value is -3.22. The third kappa shape index (κ3) is 2.72. The summed E-state index contributed by atoms with van der Waals surface area (Å²) >= 11 is 0. The van der Waals surface area contributed by atoms with Crippen LogP contribution < -0.4 is 18.9 Å². The van der Waals surface area contributed by atoms with Gasteiger partial charge in [-0.15, -0.1) is 0 Å². The zero-order chi connectivity index (χ0) is 21.9. The highest BCUT2D eigenvalue weighted by molar-refractivity contribution is 6.01. The van der Waals surface area contributed by atoms with E-state index in [1.54, 1.807) is 33.3 Å². The second-order valence-electron chi connectivity index (χ2n) is 8.18. The third-order valence-electron chi connectivity index (χ3n) is 6.90. The first-order valence-electron chi connectivity index (χ1n) is 10.4. The Morgan fingerprint density at radius 2 is 1.29 bits per heavy atom. The van der Waals surface area contributed by atoms with Crippen LogP contribution >= 0.6 is 0 Å². The van der Waals surface area contributed by atoms with E-state index < -0.39 is 0 Å². The van der Waals surface area contributed by atoms with Gasteiger partial charge in [-0.05, 0) is 52.9 Å². The van der Waals surface area contributed by atoms with Crippen molar-refractivity contribution in [1.82, 2.24) is 4.90 Å². The molecule has 2 aliphatic heterocycles. The molecular weight excluding hydrogens is 398 g/mol. The quantitative estimate of drug-likeness (QED) is 0.752. The van der Waals surface area contributed by atoms with Crippen LogP contribution in [0.3, 0.4) is 0 Å². The van der Waals surface area contributed by atoms with Crippen molar-refractivity contribution in [3.63, 3.8) is 0 Å². The van der Waals surface area contributed by atoms with E-state index >= 15 is 0 Å². The Balaban J connectivity index is 1.78. The minimum atomic E-state index is -0.354. The zero-order valence-corrected chi connectivity index (χ0v) is 18.1. The maximum absolute atomic E-state index is 13.7. The molecule has 0 aromatic heterocycles. The maximum Gasteiger partial charge on any atom is 0.223 e. The van der Waals surface area contributed by atoms with Crippen molar-refractivity contribution in [3.8, 4) is 34.1 Å². The summed E-state index contributed by atoms with van der Waals surface area (Å²) in [5.41, 5.74) is 3.76. The van der Waals surface area contributed by atoms with Crippen LogP contribution in [0.4, 0.5) is 0 Å². The largest absolute Gasteiger partial charge is 0.493 e. The minimum absolute atomic E-state index is 0.0527. The fraction of sp³-hybridized carbons (Fsp3) is 0.417. The number of hydrogen-bond acceptors (Lipinski definition) is 6. The predicted molar refractivity (Wildman–Crippen MR) is 113 cm³/mol. The molecule has 2 fully saturated rings. The average Bonchev–Trinajstić information content (AvgIpc) is 3.18. The van der Waals surface area contributed by atoms with Gasteiger partial charge < -0.3 is 23.8 Å². The molecule has 1 aliphatic carbocycles. The Bertz CT molecular complexity index is 1090. The van der Waals surface area contributed by atoms with Gasteiger partial charge in [0.25, 0.3) is 0 Å². The molecule has 0 bridgehead atoms. The van der Waals surface area contributed by atoms with Gasteiger partial charge in [-0.2, -0.15) is 0 Å². The number of rotatable bonds is 4. The molecule has 0 N–H and O–H groups in total. The van der Waals surface area contributed by atoms with Crippen LogP contribution in [0, 0.1) is 0 Å². The van der Waals surface area contributed by atoms with Crippen molar-refractivity contribution < 1.29 is 28.5 Å². The number of ether oxygens (including phenoxy) is 4. The second kappa shape index (κ2) is 7.18. The van der Waals surface area contributed by atoms with Crippen LogP contribution in [0.2, 0.25) is 0 Å². The average molecular weight is 423 g/mol. The van der Waals surface area contributed by atoms with Gasteiger partial charge >= 0.3 is 0 Å². The molecule has 0 saturated carbocycles. The molecule has 7 nitrogen and oxygen atoms in total. The summed E-state index contributed by atoms with van der Waals surface area (Å²) in [6, 6.07) is 7.37. The highest BCUT2D eigenvalue weighted by Gasteiger charge is 2.51. The number of carbonyl (C=O) groups excluding carboxylic acids is 2. The van der Waals surface area contributed by atoms with Crippen LogP contribution in [0.25, 0.3) is 11.1 Å². The SMILES string of the molecule is COc1cc2c(cc1OC)C1CN3C(=O)CCC3C(=O)C1c1cc(OC)c(OC)cc1-2. The van der Waals surface area contributed by atoms with Gasteiger partial charge in [0.1, 0.15) is 0 Å². The fourth-order valence-electron chi connectivity index (χ4n) is 5.45. The van der Waals surface area contributed by atoms with E-state index in [1.165, 1.54) is 0 Å². The van der Waals surface area contributed by atoms with Gasteiger partial charge in [0.15, 0.2) is 28.8 Å². The molecular formula is C24H25NO6. The number of benzene rings is 2. The first-order chi connectivity index (χ1) is 15.0. The molecule has 7 heteroatoms. The van der Waals surface area contributed by atoms with E-state index in [1.807, 2.05) is 24.3 Å². The molecule has 3 atom stereocenters. The Morgan fingerprint density at radius 3 is 1.87 bits per heavy atom. The summed E-state index contributed by atoms with van der Waals surface area (Å²) < 4.78 is 22.2. The van der Waals surface area contributed by atoms with Crippen molar-refractivity contribution in [2.45, 2.75) is 30.7 Å². The molecule has 1 amide bonds. The number of fused-ring (bicyclic) bond motifs is 7. The maximum atomic E-state index is 13.7. The van der Waals surface area contributed by atoms with Crippen LogP contribution in [-0.2, 0) is 9.59 Å². The lowest BCUT2D eigenvalue weighted by molar-refractivity contribution is -0.138. The van der Waals surface area contributed by atoms with Gasteiger partial charge in [0, 0.05) is 18.9 Å². The van der Waals surface area contributed by atoms with E-state index in [0.717, 1.165) is 22.3 Å². The lowest BCUT2D eigenvalue weighted by Gasteiger charge is -2.44. The molecule has 0 radical (unpaired) electrons. The monoisotopic (exact) mass is 423 g/mol. The van der Waals surface area contributed by atoms with Crippen molar-refractivity contribution >= 4 is 11.7 Å². The van der Waals surface area contributed by atoms with Gasteiger partial charge in [0.2, 0.25) is 5.91 Å². The van der Waals surface area contributed by atoms with Crippen molar-refractivity contribution in [2.75, 3.05) is 35.0 Å². The number of hydrogen-bond donors (Lipinski definition) is 0. The predicted octanol–water partition coefficient (Wildman–Crippen LogP) is 3.14. The van der Waals surface area contributed by atoms with Crippen LogP contribution in [0.1, 0.15) is 35.8 Å². The first kappa shape index (κ1) is 19.7. The molecule has 3 aliphatic rings. The standard InChI is InChI=1S/C24H25NO6/c1-28-18-7-12-13-8-19(29-2)21(31-4)10-15(13)23-16(14(12)9-20(18)30-3)11-25-17(24(23)27)5-6-22(25)26/h7-10,16-17,23H,5-6,11H2,1-4H3. The van der Waals surface area contributed by atoms with E-state index in [2.05, 4.69) is 0 Å². The lowest BCUT2D eigenvalue weighted by atomic mass is 9.66. The molecule has 2 saturated heterocycles.